The van der Waals surface area contributed by atoms with Crippen molar-refractivity contribution in [2.75, 3.05) is 5.73 Å². The van der Waals surface area contributed by atoms with Crippen molar-refractivity contribution in [1.29, 1.82) is 0 Å². The lowest BCUT2D eigenvalue weighted by Crippen LogP contribution is -2.30. The first-order valence-corrected chi connectivity index (χ1v) is 4.58. The Morgan fingerprint density at radius 2 is 1.79 bits per heavy atom. The molecule has 0 amide bonds. The number of benzene rings is 1. The Bertz CT molecular complexity index is 435. The zero-order chi connectivity index (χ0) is 9.97. The molecule has 0 aliphatic rings. The van der Waals surface area contributed by atoms with Crippen LogP contribution in [0.2, 0.25) is 0 Å². The molecule has 0 radical (unpaired) electrons. The molecule has 1 heterocycles. The van der Waals surface area contributed by atoms with Crippen LogP contribution in [0, 0.1) is 0 Å². The minimum absolute atomic E-state index is 0.793. The number of hydrogen-bond acceptors (Lipinski definition) is 1. The van der Waals surface area contributed by atoms with Crippen LogP contribution < -0.4 is 10.3 Å². The van der Waals surface area contributed by atoms with Crippen LogP contribution in [0.25, 0.3) is 11.3 Å². The first kappa shape index (κ1) is 8.75. The van der Waals surface area contributed by atoms with Crippen LogP contribution in [0.15, 0.2) is 48.7 Å². The zero-order valence-electron chi connectivity index (χ0n) is 8.14. The highest BCUT2D eigenvalue weighted by Gasteiger charge is 2.08. The Hall–Kier alpha value is -1.83. The fourth-order valence-electron chi connectivity index (χ4n) is 1.48. The SMILES string of the molecule is C[n+]1ccc(N)cc1-c1ccccc1. The largest absolute Gasteiger partial charge is 0.398 e. The van der Waals surface area contributed by atoms with Crippen LogP contribution in [0.5, 0.6) is 0 Å². The highest BCUT2D eigenvalue weighted by molar-refractivity contribution is 5.59. The van der Waals surface area contributed by atoms with E-state index < -0.39 is 0 Å². The van der Waals surface area contributed by atoms with Crippen molar-refractivity contribution in [2.24, 2.45) is 7.05 Å². The quantitative estimate of drug-likeness (QED) is 0.674. The first-order valence-electron chi connectivity index (χ1n) is 4.58. The summed E-state index contributed by atoms with van der Waals surface area (Å²) >= 11 is 0. The van der Waals surface area contributed by atoms with Crippen LogP contribution in [-0.4, -0.2) is 0 Å². The number of aromatic nitrogens is 1. The molecule has 2 nitrogen and oxygen atoms in total. The molecule has 2 rings (SSSR count). The molecule has 2 N–H and O–H groups in total. The van der Waals surface area contributed by atoms with E-state index in [0.29, 0.717) is 0 Å². The van der Waals surface area contributed by atoms with Gasteiger partial charge in [0.2, 0.25) is 5.69 Å². The molecule has 1 aromatic heterocycles. The van der Waals surface area contributed by atoms with Crippen LogP contribution in [0.3, 0.4) is 0 Å². The predicted molar refractivity (Wildman–Crippen MR) is 57.5 cm³/mol. The van der Waals surface area contributed by atoms with Gasteiger partial charge in [-0.3, -0.25) is 0 Å². The predicted octanol–water partition coefficient (Wildman–Crippen LogP) is 1.76. The molecule has 0 saturated heterocycles. The van der Waals surface area contributed by atoms with Gasteiger partial charge in [-0.15, -0.1) is 0 Å². The van der Waals surface area contributed by atoms with Crippen molar-refractivity contribution in [3.63, 3.8) is 0 Å². The van der Waals surface area contributed by atoms with Crippen molar-refractivity contribution < 1.29 is 4.57 Å². The Kier molecular flexibility index (Phi) is 2.19. The van der Waals surface area contributed by atoms with Gasteiger partial charge in [0.15, 0.2) is 6.20 Å². The highest BCUT2D eigenvalue weighted by Crippen LogP contribution is 2.16. The summed E-state index contributed by atoms with van der Waals surface area (Å²) in [4.78, 5) is 0. The molecular formula is C12H13N2+. The second kappa shape index (κ2) is 3.50. The third-order valence-corrected chi connectivity index (χ3v) is 2.24. The summed E-state index contributed by atoms with van der Waals surface area (Å²) in [7, 11) is 2.02. The highest BCUT2D eigenvalue weighted by atomic mass is 14.9. The molecule has 0 fully saturated rings. The second-order valence-electron chi connectivity index (χ2n) is 3.32. The van der Waals surface area contributed by atoms with Gasteiger partial charge in [-0.25, -0.2) is 4.57 Å². The lowest BCUT2D eigenvalue weighted by atomic mass is 10.1. The maximum atomic E-state index is 5.75. The normalized spacial score (nSPS) is 10.1. The van der Waals surface area contributed by atoms with Crippen molar-refractivity contribution in [3.8, 4) is 11.3 Å². The van der Waals surface area contributed by atoms with Gasteiger partial charge in [-0.1, -0.05) is 18.2 Å². The van der Waals surface area contributed by atoms with Crippen molar-refractivity contribution >= 4 is 5.69 Å². The molecule has 0 atom stereocenters. The number of anilines is 1. The Morgan fingerprint density at radius 3 is 2.50 bits per heavy atom. The molecular weight excluding hydrogens is 172 g/mol. The van der Waals surface area contributed by atoms with E-state index >= 15 is 0 Å². The van der Waals surface area contributed by atoms with Gasteiger partial charge in [-0.2, -0.15) is 0 Å². The van der Waals surface area contributed by atoms with E-state index in [2.05, 4.69) is 16.7 Å². The lowest BCUT2D eigenvalue weighted by Gasteiger charge is -2.00. The Balaban J connectivity index is 2.57. The molecule has 1 aromatic carbocycles. The minimum atomic E-state index is 0.793. The van der Waals surface area contributed by atoms with Crippen molar-refractivity contribution in [2.45, 2.75) is 0 Å². The van der Waals surface area contributed by atoms with Crippen LogP contribution in [0.1, 0.15) is 0 Å². The van der Waals surface area contributed by atoms with Crippen LogP contribution >= 0.6 is 0 Å². The van der Waals surface area contributed by atoms with Crippen molar-refractivity contribution in [3.05, 3.63) is 48.7 Å². The van der Waals surface area contributed by atoms with Gasteiger partial charge >= 0.3 is 0 Å². The zero-order valence-corrected chi connectivity index (χ0v) is 8.14. The summed E-state index contributed by atoms with van der Waals surface area (Å²) in [5.74, 6) is 0. The van der Waals surface area contributed by atoms with Gasteiger partial charge in [0, 0.05) is 23.4 Å². The van der Waals surface area contributed by atoms with E-state index in [9.17, 15) is 0 Å². The van der Waals surface area contributed by atoms with Gasteiger partial charge < -0.3 is 5.73 Å². The first-order chi connectivity index (χ1) is 6.77. The van der Waals surface area contributed by atoms with Crippen molar-refractivity contribution in [1.82, 2.24) is 0 Å². The second-order valence-corrected chi connectivity index (χ2v) is 3.32. The number of nitrogens with zero attached hydrogens (tertiary/aromatic N) is 1. The summed E-state index contributed by atoms with van der Waals surface area (Å²) in [5.41, 5.74) is 8.86. The van der Waals surface area contributed by atoms with Gasteiger partial charge in [0.1, 0.15) is 7.05 Å². The summed E-state index contributed by atoms with van der Waals surface area (Å²) in [5, 5.41) is 0. The molecule has 0 saturated carbocycles. The Labute approximate surface area is 83.6 Å². The van der Waals surface area contributed by atoms with Gasteiger partial charge in [-0.05, 0) is 12.1 Å². The van der Waals surface area contributed by atoms with E-state index in [4.69, 9.17) is 5.73 Å². The fraction of sp³-hybridized carbons (Fsp3) is 0.0833. The maximum absolute atomic E-state index is 5.75. The van der Waals surface area contributed by atoms with E-state index in [1.807, 2.05) is 43.6 Å². The monoisotopic (exact) mass is 185 g/mol. The molecule has 2 heteroatoms. The number of nitrogens with two attached hydrogens (primary N) is 1. The average Bonchev–Trinajstić information content (AvgIpc) is 2.23. The van der Waals surface area contributed by atoms with E-state index in [1.165, 1.54) is 5.56 Å². The molecule has 0 aliphatic carbocycles. The number of nitrogen functional groups attached to an aromatic ring is 1. The van der Waals surface area contributed by atoms with Gasteiger partial charge in [0.05, 0.1) is 0 Å². The molecule has 2 aromatic rings. The number of aryl methyl sites for hydroxylation is 1. The lowest BCUT2D eigenvalue weighted by molar-refractivity contribution is -0.660. The average molecular weight is 185 g/mol. The molecule has 70 valence electrons. The molecule has 0 aliphatic heterocycles. The fourth-order valence-corrected chi connectivity index (χ4v) is 1.48. The minimum Gasteiger partial charge on any atom is -0.398 e. The summed E-state index contributed by atoms with van der Waals surface area (Å²) < 4.78 is 2.06. The Morgan fingerprint density at radius 1 is 1.07 bits per heavy atom. The van der Waals surface area contributed by atoms with Crippen LogP contribution in [-0.2, 0) is 7.05 Å². The third kappa shape index (κ3) is 1.59. The smallest absolute Gasteiger partial charge is 0.214 e. The molecule has 0 bridgehead atoms. The maximum Gasteiger partial charge on any atom is 0.214 e. The summed E-state index contributed by atoms with van der Waals surface area (Å²) in [6, 6.07) is 14.1. The topological polar surface area (TPSA) is 29.9 Å². The van der Waals surface area contributed by atoms with E-state index in [-0.39, 0.29) is 0 Å². The van der Waals surface area contributed by atoms with E-state index in [0.717, 1.165) is 11.4 Å². The van der Waals surface area contributed by atoms with E-state index in [1.54, 1.807) is 0 Å². The third-order valence-electron chi connectivity index (χ3n) is 2.24. The molecule has 14 heavy (non-hydrogen) atoms. The molecule has 0 spiro atoms. The number of pyridine rings is 1. The van der Waals surface area contributed by atoms with Gasteiger partial charge in [0.25, 0.3) is 0 Å². The summed E-state index contributed by atoms with van der Waals surface area (Å²) in [6.45, 7) is 0. The van der Waals surface area contributed by atoms with Crippen LogP contribution in [0.4, 0.5) is 5.69 Å². The number of hydrogen-bond donors (Lipinski definition) is 1. The number of rotatable bonds is 1. The standard InChI is InChI=1S/C12H12N2/c1-14-8-7-11(13)9-12(14)10-5-3-2-4-6-10/h2-9,13H,1H3/p+1. The summed E-state index contributed by atoms with van der Waals surface area (Å²) in [6.07, 6.45) is 1.97. The molecule has 0 unspecified atom stereocenters.